The maximum absolute atomic E-state index is 12.6. The number of aryl methyl sites for hydroxylation is 1. The van der Waals surface area contributed by atoms with Crippen LogP contribution in [0.3, 0.4) is 0 Å². The van der Waals surface area contributed by atoms with Crippen LogP contribution in [0.2, 0.25) is 0 Å². The van der Waals surface area contributed by atoms with Gasteiger partial charge in [-0.05, 0) is 74.1 Å². The van der Waals surface area contributed by atoms with Gasteiger partial charge in [0.15, 0.2) is 0 Å². The topological polar surface area (TPSA) is 63.5 Å². The van der Waals surface area contributed by atoms with Gasteiger partial charge in [0, 0.05) is 18.1 Å². The third-order valence-corrected chi connectivity index (χ3v) is 5.69. The Labute approximate surface area is 183 Å². The number of fused-ring (bicyclic) bond motifs is 2. The van der Waals surface area contributed by atoms with E-state index < -0.39 is 5.60 Å². The fourth-order valence-corrected chi connectivity index (χ4v) is 4.16. The molecule has 1 unspecified atom stereocenters. The number of aromatic nitrogens is 1. The minimum absolute atomic E-state index is 0.0486. The zero-order chi connectivity index (χ0) is 22.2. The summed E-state index contributed by atoms with van der Waals surface area (Å²) >= 11 is 0. The summed E-state index contributed by atoms with van der Waals surface area (Å²) in [5, 5.41) is 14.2. The fraction of sp³-hybridized carbons (Fsp3) is 0.346. The fourth-order valence-electron chi connectivity index (χ4n) is 4.16. The summed E-state index contributed by atoms with van der Waals surface area (Å²) in [5.41, 5.74) is 5.98. The van der Waals surface area contributed by atoms with Gasteiger partial charge in [0.1, 0.15) is 5.60 Å². The first-order valence-electron chi connectivity index (χ1n) is 10.7. The van der Waals surface area contributed by atoms with Crippen molar-refractivity contribution in [3.8, 4) is 0 Å². The number of aliphatic hydroxyl groups excluding tert-OH is 1. The van der Waals surface area contributed by atoms with Crippen LogP contribution in [-0.4, -0.2) is 27.9 Å². The normalized spacial score (nSPS) is 16.6. The Morgan fingerprint density at radius 2 is 2.10 bits per heavy atom. The molecule has 1 aromatic heterocycles. The van der Waals surface area contributed by atoms with Gasteiger partial charge in [-0.2, -0.15) is 0 Å². The van der Waals surface area contributed by atoms with E-state index >= 15 is 0 Å². The van der Waals surface area contributed by atoms with E-state index in [0.717, 1.165) is 40.6 Å². The van der Waals surface area contributed by atoms with Crippen LogP contribution >= 0.6 is 0 Å². The second-order valence-electron chi connectivity index (χ2n) is 9.12. The highest BCUT2D eigenvalue weighted by Crippen LogP contribution is 2.29. The predicted octanol–water partition coefficient (Wildman–Crippen LogP) is 5.13. The summed E-state index contributed by atoms with van der Waals surface area (Å²) in [6.07, 6.45) is 6.64. The molecule has 3 aromatic rings. The zero-order valence-electron chi connectivity index (χ0n) is 18.6. The number of aliphatic hydroxyl groups is 1. The molecule has 162 valence electrons. The Morgan fingerprint density at radius 1 is 1.29 bits per heavy atom. The van der Waals surface area contributed by atoms with Crippen molar-refractivity contribution in [2.45, 2.75) is 52.4 Å². The lowest BCUT2D eigenvalue weighted by atomic mass is 9.89. The number of carbonyl (C=O) groups is 1. The molecule has 0 saturated heterocycles. The molecular formula is C26H30N2O3. The highest BCUT2D eigenvalue weighted by atomic mass is 16.6. The van der Waals surface area contributed by atoms with Gasteiger partial charge >= 0.3 is 6.09 Å². The Bertz CT molecular complexity index is 1150. The number of hydrogen-bond acceptors (Lipinski definition) is 4. The predicted molar refractivity (Wildman–Crippen MR) is 124 cm³/mol. The zero-order valence-corrected chi connectivity index (χ0v) is 18.6. The van der Waals surface area contributed by atoms with Crippen LogP contribution in [0.4, 0.5) is 4.79 Å². The van der Waals surface area contributed by atoms with E-state index in [1.54, 1.807) is 10.8 Å². The highest BCUT2D eigenvalue weighted by Gasteiger charge is 2.21. The summed E-state index contributed by atoms with van der Waals surface area (Å²) in [4.78, 5) is 12.6. The second kappa shape index (κ2) is 8.33. The molecule has 0 radical (unpaired) electrons. The molecule has 31 heavy (non-hydrogen) atoms. The van der Waals surface area contributed by atoms with Gasteiger partial charge in [-0.3, -0.25) is 4.57 Å². The first-order chi connectivity index (χ1) is 14.8. The molecule has 0 bridgehead atoms. The monoisotopic (exact) mass is 418 g/mol. The van der Waals surface area contributed by atoms with Crippen molar-refractivity contribution >= 4 is 23.1 Å². The second-order valence-corrected chi connectivity index (χ2v) is 9.12. The van der Waals surface area contributed by atoms with Crippen molar-refractivity contribution in [2.75, 3.05) is 6.54 Å². The maximum Gasteiger partial charge on any atom is 0.418 e. The lowest BCUT2D eigenvalue weighted by molar-refractivity contribution is 0.0544. The number of hydrogen-bond donors (Lipinski definition) is 2. The third kappa shape index (κ3) is 4.43. The van der Waals surface area contributed by atoms with Gasteiger partial charge in [0.2, 0.25) is 0 Å². The number of rotatable bonds is 3. The number of carbonyl (C=O) groups excluding carboxylic acids is 1. The number of benzene rings is 2. The standard InChI is InChI=1S/C26H30N2O3/c1-17-14-19-10-12-27-23(22(19)15-20(17)16-29)9-8-18-6-5-7-24-21(18)11-13-28(24)25(30)31-26(2,3)4/h5-9,11,13-15,23,27,29H,10,12,16H2,1-4H3/b9-8+. The van der Waals surface area contributed by atoms with E-state index in [0.29, 0.717) is 0 Å². The minimum atomic E-state index is -0.545. The molecule has 1 aliphatic rings. The average molecular weight is 419 g/mol. The van der Waals surface area contributed by atoms with Crippen LogP contribution < -0.4 is 5.32 Å². The van der Waals surface area contributed by atoms with Gasteiger partial charge in [-0.25, -0.2) is 4.79 Å². The van der Waals surface area contributed by atoms with Crippen molar-refractivity contribution in [1.82, 2.24) is 9.88 Å². The molecule has 0 amide bonds. The van der Waals surface area contributed by atoms with Crippen molar-refractivity contribution in [3.63, 3.8) is 0 Å². The van der Waals surface area contributed by atoms with Crippen LogP contribution in [0.25, 0.3) is 17.0 Å². The first-order valence-corrected chi connectivity index (χ1v) is 10.7. The molecule has 2 aromatic carbocycles. The van der Waals surface area contributed by atoms with Gasteiger partial charge in [0.05, 0.1) is 18.2 Å². The molecule has 2 N–H and O–H groups in total. The minimum Gasteiger partial charge on any atom is -0.443 e. The average Bonchev–Trinajstić information content (AvgIpc) is 3.15. The summed E-state index contributed by atoms with van der Waals surface area (Å²) in [6, 6.07) is 12.3. The lowest BCUT2D eigenvalue weighted by Gasteiger charge is -2.26. The van der Waals surface area contributed by atoms with E-state index in [4.69, 9.17) is 4.74 Å². The Hall–Kier alpha value is -2.89. The van der Waals surface area contributed by atoms with Gasteiger partial charge in [0.25, 0.3) is 0 Å². The van der Waals surface area contributed by atoms with E-state index in [2.05, 4.69) is 42.6 Å². The largest absolute Gasteiger partial charge is 0.443 e. The van der Waals surface area contributed by atoms with E-state index in [9.17, 15) is 9.90 Å². The Balaban J connectivity index is 1.65. The van der Waals surface area contributed by atoms with Crippen molar-refractivity contribution in [2.24, 2.45) is 0 Å². The van der Waals surface area contributed by atoms with Crippen LogP contribution in [-0.2, 0) is 17.8 Å². The van der Waals surface area contributed by atoms with Crippen LogP contribution in [0.15, 0.2) is 48.7 Å². The maximum atomic E-state index is 12.6. The summed E-state index contributed by atoms with van der Waals surface area (Å²) in [7, 11) is 0. The molecule has 0 aliphatic carbocycles. The summed E-state index contributed by atoms with van der Waals surface area (Å²) in [5.74, 6) is 0. The smallest absolute Gasteiger partial charge is 0.418 e. The van der Waals surface area contributed by atoms with Crippen LogP contribution in [0, 0.1) is 6.92 Å². The molecular weight excluding hydrogens is 388 g/mol. The van der Waals surface area contributed by atoms with Gasteiger partial charge in [-0.1, -0.05) is 36.4 Å². The lowest BCUT2D eigenvalue weighted by Crippen LogP contribution is -2.28. The molecule has 1 atom stereocenters. The number of ether oxygens (including phenoxy) is 1. The van der Waals surface area contributed by atoms with Crippen molar-refractivity contribution in [1.29, 1.82) is 0 Å². The molecule has 0 saturated carbocycles. The Kier molecular flexibility index (Phi) is 5.73. The SMILES string of the molecule is Cc1cc2c(cc1CO)C(/C=C/c1cccc3c1ccn3C(=O)OC(C)(C)C)NCC2. The number of nitrogens with zero attached hydrogens (tertiary/aromatic N) is 1. The van der Waals surface area contributed by atoms with Gasteiger partial charge in [-0.15, -0.1) is 0 Å². The molecule has 0 fully saturated rings. The Morgan fingerprint density at radius 3 is 2.84 bits per heavy atom. The molecule has 4 rings (SSSR count). The van der Waals surface area contributed by atoms with E-state index in [1.807, 2.05) is 39.0 Å². The van der Waals surface area contributed by atoms with Crippen LogP contribution in [0.5, 0.6) is 0 Å². The molecule has 0 spiro atoms. The quantitative estimate of drug-likeness (QED) is 0.619. The first kappa shape index (κ1) is 21.3. The molecule has 1 aliphatic heterocycles. The van der Waals surface area contributed by atoms with Crippen LogP contribution in [0.1, 0.15) is 54.6 Å². The molecule has 5 heteroatoms. The third-order valence-electron chi connectivity index (χ3n) is 5.69. The molecule has 2 heterocycles. The van der Waals surface area contributed by atoms with E-state index in [-0.39, 0.29) is 18.7 Å². The summed E-state index contributed by atoms with van der Waals surface area (Å²) in [6.45, 7) is 8.61. The summed E-state index contributed by atoms with van der Waals surface area (Å²) < 4.78 is 7.09. The van der Waals surface area contributed by atoms with Gasteiger partial charge < -0.3 is 15.2 Å². The van der Waals surface area contributed by atoms with Crippen molar-refractivity contribution < 1.29 is 14.6 Å². The highest BCUT2D eigenvalue weighted by molar-refractivity contribution is 5.94. The number of nitrogens with one attached hydrogen (secondary N) is 1. The van der Waals surface area contributed by atoms with Crippen molar-refractivity contribution in [3.05, 3.63) is 76.5 Å². The molecule has 5 nitrogen and oxygen atoms in total. The van der Waals surface area contributed by atoms with E-state index in [1.165, 1.54) is 11.1 Å².